The van der Waals surface area contributed by atoms with E-state index < -0.39 is 0 Å². The number of benzene rings is 1. The van der Waals surface area contributed by atoms with E-state index >= 15 is 0 Å². The molecular formula is C48H88N2O4. The zero-order valence-corrected chi connectivity index (χ0v) is 36.3. The molecule has 0 unspecified atom stereocenters. The molecule has 0 aliphatic heterocycles. The molecule has 6 heteroatoms. The number of rotatable bonds is 40. The molecule has 1 rings (SSSR count). The lowest BCUT2D eigenvalue weighted by Gasteiger charge is -2.20. The van der Waals surface area contributed by atoms with Gasteiger partial charge in [-0.3, -0.25) is 0 Å². The largest absolute Gasteiger partial charge is 0.461 e. The zero-order valence-electron chi connectivity index (χ0n) is 36.3. The molecule has 0 fully saturated rings. The summed E-state index contributed by atoms with van der Waals surface area (Å²) in [6.45, 7) is 15.2. The number of hydrogen-bond acceptors (Lipinski definition) is 6. The van der Waals surface area contributed by atoms with Crippen molar-refractivity contribution in [2.24, 2.45) is 0 Å². The summed E-state index contributed by atoms with van der Waals surface area (Å²) in [7, 11) is 0. The molecule has 0 amide bonds. The Labute approximate surface area is 335 Å². The Hall–Kier alpha value is -1.92. The Kier molecular flexibility index (Phi) is 35.2. The van der Waals surface area contributed by atoms with E-state index in [1.54, 1.807) is 24.3 Å². The van der Waals surface area contributed by atoms with Crippen LogP contribution in [0.4, 0.5) is 0 Å². The normalized spacial score (nSPS) is 11.5. The van der Waals surface area contributed by atoms with E-state index in [1.165, 1.54) is 180 Å². The lowest BCUT2D eigenvalue weighted by molar-refractivity contribution is 0.0449. The van der Waals surface area contributed by atoms with Crippen LogP contribution in [0.3, 0.4) is 0 Å². The average Bonchev–Trinajstić information content (AvgIpc) is 3.19. The number of carbonyl (C=O) groups is 2. The van der Waals surface area contributed by atoms with Gasteiger partial charge in [-0.1, -0.05) is 195 Å². The Morgan fingerprint density at radius 3 is 0.852 bits per heavy atom. The summed E-state index contributed by atoms with van der Waals surface area (Å²) in [5, 5.41) is 0. The topological polar surface area (TPSA) is 59.1 Å². The van der Waals surface area contributed by atoms with Gasteiger partial charge >= 0.3 is 11.9 Å². The number of esters is 2. The molecule has 1 aromatic carbocycles. The summed E-state index contributed by atoms with van der Waals surface area (Å²) in [4.78, 5) is 30.0. The van der Waals surface area contributed by atoms with Crippen LogP contribution in [-0.2, 0) is 9.47 Å². The zero-order chi connectivity index (χ0) is 39.2. The molecule has 0 aliphatic carbocycles. The summed E-state index contributed by atoms with van der Waals surface area (Å²) < 4.78 is 11.2. The highest BCUT2D eigenvalue weighted by Crippen LogP contribution is 2.15. The highest BCUT2D eigenvalue weighted by molar-refractivity contribution is 5.93. The summed E-state index contributed by atoms with van der Waals surface area (Å²) in [5.74, 6) is -0.686. The third-order valence-corrected chi connectivity index (χ3v) is 11.2. The molecule has 0 saturated heterocycles. The third-order valence-electron chi connectivity index (χ3n) is 11.2. The molecule has 314 valence electrons. The monoisotopic (exact) mass is 757 g/mol. The quantitative estimate of drug-likeness (QED) is 0.0491. The maximum Gasteiger partial charge on any atom is 0.338 e. The van der Waals surface area contributed by atoms with Gasteiger partial charge in [-0.25, -0.2) is 9.59 Å². The number of ether oxygens (including phenoxy) is 2. The standard InChI is InChI=1S/C48H88N2O4/c1-5-9-11-13-15-17-19-21-23-25-27-29-31-33-39-49(7-3)41-43-53-47(51)45-35-37-46(38-36-45)48(52)54-44-42-50(8-4)40-34-32-30-28-26-24-22-20-18-16-14-12-10-6-2/h35-38H,5-34,39-44H2,1-4H3. The number of unbranched alkanes of at least 4 members (excludes halogenated alkanes) is 26. The smallest absolute Gasteiger partial charge is 0.338 e. The molecule has 0 atom stereocenters. The fraction of sp³-hybridized carbons (Fsp3) is 0.833. The molecule has 0 saturated carbocycles. The van der Waals surface area contributed by atoms with Gasteiger partial charge in [0.1, 0.15) is 13.2 Å². The molecule has 0 spiro atoms. The van der Waals surface area contributed by atoms with E-state index in [2.05, 4.69) is 37.5 Å². The number of hydrogen-bond donors (Lipinski definition) is 0. The molecule has 0 radical (unpaired) electrons. The van der Waals surface area contributed by atoms with Crippen LogP contribution in [0.5, 0.6) is 0 Å². The van der Waals surface area contributed by atoms with Crippen molar-refractivity contribution in [3.8, 4) is 0 Å². The van der Waals surface area contributed by atoms with Gasteiger partial charge in [-0.15, -0.1) is 0 Å². The lowest BCUT2D eigenvalue weighted by atomic mass is 10.0. The fourth-order valence-corrected chi connectivity index (χ4v) is 7.36. The second-order valence-corrected chi connectivity index (χ2v) is 15.9. The number of nitrogens with zero attached hydrogens (tertiary/aromatic N) is 2. The van der Waals surface area contributed by atoms with E-state index in [0.29, 0.717) is 24.3 Å². The third kappa shape index (κ3) is 29.4. The van der Waals surface area contributed by atoms with Crippen LogP contribution in [0.15, 0.2) is 24.3 Å². The SMILES string of the molecule is CCCCCCCCCCCCCCCCN(CC)CCOC(=O)c1ccc(C(=O)OCCN(CC)CCCCCCCCCCCCCCCC)cc1. The van der Waals surface area contributed by atoms with Crippen molar-refractivity contribution in [3.63, 3.8) is 0 Å². The van der Waals surface area contributed by atoms with E-state index in [-0.39, 0.29) is 11.9 Å². The fourth-order valence-electron chi connectivity index (χ4n) is 7.36. The molecule has 1 aromatic rings. The highest BCUT2D eigenvalue weighted by atomic mass is 16.5. The lowest BCUT2D eigenvalue weighted by Crippen LogP contribution is -2.29. The van der Waals surface area contributed by atoms with Crippen molar-refractivity contribution >= 4 is 11.9 Å². The van der Waals surface area contributed by atoms with E-state index in [1.807, 2.05) is 0 Å². The van der Waals surface area contributed by atoms with Crippen molar-refractivity contribution in [2.75, 3.05) is 52.5 Å². The van der Waals surface area contributed by atoms with Gasteiger partial charge < -0.3 is 19.3 Å². The summed E-state index contributed by atoms with van der Waals surface area (Å²) in [5.41, 5.74) is 0.929. The average molecular weight is 757 g/mol. The van der Waals surface area contributed by atoms with Crippen LogP contribution in [0.1, 0.15) is 228 Å². The van der Waals surface area contributed by atoms with Crippen LogP contribution in [0, 0.1) is 0 Å². The maximum absolute atomic E-state index is 12.7. The minimum absolute atomic E-state index is 0.343. The van der Waals surface area contributed by atoms with Gasteiger partial charge in [0, 0.05) is 13.1 Å². The van der Waals surface area contributed by atoms with E-state index in [0.717, 1.165) is 39.3 Å². The second kappa shape index (κ2) is 38.0. The van der Waals surface area contributed by atoms with Crippen molar-refractivity contribution in [3.05, 3.63) is 35.4 Å². The van der Waals surface area contributed by atoms with Crippen LogP contribution in [0.2, 0.25) is 0 Å². The van der Waals surface area contributed by atoms with Gasteiger partial charge in [0.2, 0.25) is 0 Å². The van der Waals surface area contributed by atoms with E-state index in [4.69, 9.17) is 9.47 Å². The molecule has 6 nitrogen and oxygen atoms in total. The first-order valence-corrected chi connectivity index (χ1v) is 23.4. The number of likely N-dealkylation sites (N-methyl/N-ethyl adjacent to an activating group) is 2. The minimum Gasteiger partial charge on any atom is -0.461 e. The Morgan fingerprint density at radius 2 is 0.611 bits per heavy atom. The van der Waals surface area contributed by atoms with Crippen molar-refractivity contribution < 1.29 is 19.1 Å². The van der Waals surface area contributed by atoms with Crippen molar-refractivity contribution in [1.82, 2.24) is 9.80 Å². The molecule has 0 N–H and O–H groups in total. The molecule has 0 aromatic heterocycles. The Morgan fingerprint density at radius 1 is 0.370 bits per heavy atom. The van der Waals surface area contributed by atoms with Crippen LogP contribution in [0.25, 0.3) is 0 Å². The Balaban J connectivity index is 2.08. The molecule has 0 aliphatic rings. The minimum atomic E-state index is -0.343. The predicted molar refractivity (Wildman–Crippen MR) is 232 cm³/mol. The molecular weight excluding hydrogens is 669 g/mol. The van der Waals surface area contributed by atoms with Crippen LogP contribution < -0.4 is 0 Å². The second-order valence-electron chi connectivity index (χ2n) is 15.9. The van der Waals surface area contributed by atoms with Crippen LogP contribution >= 0.6 is 0 Å². The van der Waals surface area contributed by atoms with Gasteiger partial charge in [0.25, 0.3) is 0 Å². The van der Waals surface area contributed by atoms with Gasteiger partial charge in [-0.05, 0) is 63.3 Å². The van der Waals surface area contributed by atoms with Gasteiger partial charge in [0.05, 0.1) is 11.1 Å². The van der Waals surface area contributed by atoms with Gasteiger partial charge in [0.15, 0.2) is 0 Å². The molecule has 0 bridgehead atoms. The molecule has 54 heavy (non-hydrogen) atoms. The first-order chi connectivity index (χ1) is 26.5. The summed E-state index contributed by atoms with van der Waals surface area (Å²) in [6.07, 6.45) is 38.4. The Bertz CT molecular complexity index is 891. The van der Waals surface area contributed by atoms with Crippen LogP contribution in [-0.4, -0.2) is 74.2 Å². The van der Waals surface area contributed by atoms with Crippen molar-refractivity contribution in [1.29, 1.82) is 0 Å². The number of carbonyl (C=O) groups excluding carboxylic acids is 2. The predicted octanol–water partition coefficient (Wildman–Crippen LogP) is 13.6. The van der Waals surface area contributed by atoms with Gasteiger partial charge in [-0.2, -0.15) is 0 Å². The summed E-state index contributed by atoms with van der Waals surface area (Å²) in [6, 6.07) is 6.66. The highest BCUT2D eigenvalue weighted by Gasteiger charge is 2.13. The first-order valence-electron chi connectivity index (χ1n) is 23.4. The molecule has 0 heterocycles. The first kappa shape index (κ1) is 50.1. The maximum atomic E-state index is 12.7. The summed E-state index contributed by atoms with van der Waals surface area (Å²) >= 11 is 0. The van der Waals surface area contributed by atoms with Crippen molar-refractivity contribution in [2.45, 2.75) is 207 Å². The van der Waals surface area contributed by atoms with E-state index in [9.17, 15) is 9.59 Å².